The summed E-state index contributed by atoms with van der Waals surface area (Å²) in [4.78, 5) is 23.7. The minimum absolute atomic E-state index is 0.0273. The molecule has 0 saturated heterocycles. The molecule has 0 spiro atoms. The third-order valence-corrected chi connectivity index (χ3v) is 5.60. The Morgan fingerprint density at radius 1 is 1.47 bits per heavy atom. The first-order valence-electron chi connectivity index (χ1n) is 10.9. The number of pyridine rings is 1. The summed E-state index contributed by atoms with van der Waals surface area (Å²) in [5.74, 6) is -1.43. The average molecular weight is 465 g/mol. The van der Waals surface area contributed by atoms with Crippen molar-refractivity contribution in [3.63, 3.8) is 0 Å². The van der Waals surface area contributed by atoms with Gasteiger partial charge in [-0.05, 0) is 37.8 Å². The van der Waals surface area contributed by atoms with Gasteiger partial charge < -0.3 is 4.74 Å². The van der Waals surface area contributed by atoms with E-state index in [9.17, 15) is 18.8 Å². The van der Waals surface area contributed by atoms with Gasteiger partial charge in [0.25, 0.3) is 5.91 Å². The van der Waals surface area contributed by atoms with Gasteiger partial charge in [0.1, 0.15) is 35.8 Å². The van der Waals surface area contributed by atoms with Crippen LogP contribution in [0.3, 0.4) is 0 Å². The van der Waals surface area contributed by atoms with Crippen LogP contribution in [-0.4, -0.2) is 35.2 Å². The van der Waals surface area contributed by atoms with Crippen molar-refractivity contribution in [1.82, 2.24) is 9.88 Å². The zero-order valence-electron chi connectivity index (χ0n) is 19.7. The number of rotatable bonds is 6. The van der Waals surface area contributed by atoms with Crippen molar-refractivity contribution >= 4 is 17.7 Å². The number of fused-ring (bicyclic) bond motifs is 1. The number of ether oxygens (including phenoxy) is 1. The molecular formula is C26H26F2N4O2. The summed E-state index contributed by atoms with van der Waals surface area (Å²) in [5.41, 5.74) is 1.86. The molecule has 3 rings (SSSR count). The molecule has 1 aromatic heterocycles. The molecule has 1 aromatic rings. The molecule has 2 aliphatic rings. The van der Waals surface area contributed by atoms with E-state index < -0.39 is 17.6 Å². The van der Waals surface area contributed by atoms with Crippen molar-refractivity contribution < 1.29 is 18.3 Å². The van der Waals surface area contributed by atoms with E-state index in [4.69, 9.17) is 4.74 Å². The van der Waals surface area contributed by atoms with Crippen LogP contribution in [0.25, 0.3) is 5.57 Å². The summed E-state index contributed by atoms with van der Waals surface area (Å²) in [5, 5.41) is 9.51. The first-order chi connectivity index (χ1) is 16.2. The van der Waals surface area contributed by atoms with Crippen LogP contribution in [0.15, 0.2) is 69.9 Å². The Labute approximate surface area is 198 Å². The van der Waals surface area contributed by atoms with Gasteiger partial charge in [0.15, 0.2) is 0 Å². The number of aromatic nitrogens is 1. The van der Waals surface area contributed by atoms with Crippen LogP contribution < -0.4 is 4.74 Å². The topological polar surface area (TPSA) is 78.6 Å². The smallest absolute Gasteiger partial charge is 0.262 e. The lowest BCUT2D eigenvalue weighted by molar-refractivity contribution is -0.123. The number of amides is 1. The van der Waals surface area contributed by atoms with Gasteiger partial charge >= 0.3 is 0 Å². The summed E-state index contributed by atoms with van der Waals surface area (Å²) in [7, 11) is 0. The quantitative estimate of drug-likeness (QED) is 0.319. The Morgan fingerprint density at radius 2 is 2.21 bits per heavy atom. The molecule has 0 saturated carbocycles. The SMILES string of the molecule is C=C(C(=O)N(C1=CC(C)CN=C1)C1=C(C)c2ncc(F)cc2OC1)/C(C)=C(C#N)/C(F)=C\CC. The summed E-state index contributed by atoms with van der Waals surface area (Å²) in [6.07, 6.45) is 6.24. The minimum atomic E-state index is -0.702. The lowest BCUT2D eigenvalue weighted by atomic mass is 9.98. The molecular weight excluding hydrogens is 438 g/mol. The lowest BCUT2D eigenvalue weighted by Crippen LogP contribution is -2.37. The molecule has 0 radical (unpaired) electrons. The second kappa shape index (κ2) is 10.4. The predicted molar refractivity (Wildman–Crippen MR) is 127 cm³/mol. The maximum atomic E-state index is 14.5. The molecule has 3 heterocycles. The van der Waals surface area contributed by atoms with Gasteiger partial charge in [0.2, 0.25) is 0 Å². The molecule has 0 aliphatic carbocycles. The van der Waals surface area contributed by atoms with Crippen LogP contribution in [0.2, 0.25) is 0 Å². The van der Waals surface area contributed by atoms with Gasteiger partial charge in [-0.25, -0.2) is 13.8 Å². The lowest BCUT2D eigenvalue weighted by Gasteiger charge is -2.33. The number of nitrogens with zero attached hydrogens (tertiary/aromatic N) is 4. The number of hydrogen-bond acceptors (Lipinski definition) is 5. The number of allylic oxidation sites excluding steroid dienone is 5. The largest absolute Gasteiger partial charge is 0.485 e. The number of carbonyl (C=O) groups excluding carboxylic acids is 1. The average Bonchev–Trinajstić information content (AvgIpc) is 2.80. The molecule has 176 valence electrons. The van der Waals surface area contributed by atoms with Crippen LogP contribution in [0, 0.1) is 23.1 Å². The van der Waals surface area contributed by atoms with Crippen molar-refractivity contribution in [3.05, 3.63) is 76.4 Å². The molecule has 0 bridgehead atoms. The van der Waals surface area contributed by atoms with Gasteiger partial charge in [-0.2, -0.15) is 5.26 Å². The summed E-state index contributed by atoms with van der Waals surface area (Å²) in [6, 6.07) is 3.08. The fourth-order valence-corrected chi connectivity index (χ4v) is 3.71. The maximum absolute atomic E-state index is 14.5. The van der Waals surface area contributed by atoms with Crippen LogP contribution in [-0.2, 0) is 4.79 Å². The minimum Gasteiger partial charge on any atom is -0.485 e. The standard InChI is InChI=1S/C26H26F2N4O2/c1-6-7-22(28)21(10-29)16(3)17(4)26(33)32(20-8-15(2)11-30-13-20)23-14-34-24-9-19(27)12-31-25(24)18(23)5/h7-9,12-13,15H,4,6,11,14H2,1-3,5H3/b21-16+,22-7+. The Kier molecular flexibility index (Phi) is 7.57. The van der Waals surface area contributed by atoms with Gasteiger partial charge in [0.05, 0.1) is 23.2 Å². The molecule has 1 unspecified atom stereocenters. The van der Waals surface area contributed by atoms with E-state index in [1.807, 2.05) is 19.1 Å². The monoisotopic (exact) mass is 464 g/mol. The van der Waals surface area contributed by atoms with Crippen molar-refractivity contribution in [2.24, 2.45) is 10.9 Å². The highest BCUT2D eigenvalue weighted by Crippen LogP contribution is 2.36. The second-order valence-corrected chi connectivity index (χ2v) is 8.11. The second-order valence-electron chi connectivity index (χ2n) is 8.11. The normalized spacial score (nSPS) is 18.3. The van der Waals surface area contributed by atoms with Crippen LogP contribution >= 0.6 is 0 Å². The van der Waals surface area contributed by atoms with Crippen molar-refractivity contribution in [2.45, 2.75) is 34.1 Å². The number of aliphatic imine (C=N–C) groups is 1. The molecule has 2 aliphatic heterocycles. The molecule has 0 fully saturated rings. The first-order valence-corrected chi connectivity index (χ1v) is 10.9. The molecule has 0 aromatic carbocycles. The predicted octanol–water partition coefficient (Wildman–Crippen LogP) is 5.44. The van der Waals surface area contributed by atoms with E-state index in [2.05, 4.69) is 16.6 Å². The van der Waals surface area contributed by atoms with E-state index in [0.717, 1.165) is 6.20 Å². The van der Waals surface area contributed by atoms with Crippen molar-refractivity contribution in [2.75, 3.05) is 13.2 Å². The van der Waals surface area contributed by atoms with Gasteiger partial charge in [0, 0.05) is 30.0 Å². The van der Waals surface area contributed by atoms with Crippen LogP contribution in [0.4, 0.5) is 8.78 Å². The van der Waals surface area contributed by atoms with Crippen molar-refractivity contribution in [3.8, 4) is 11.8 Å². The molecule has 1 amide bonds. The first kappa shape index (κ1) is 24.8. The Balaban J connectivity index is 2.14. The van der Waals surface area contributed by atoms with E-state index in [1.165, 1.54) is 24.0 Å². The Morgan fingerprint density at radius 3 is 2.85 bits per heavy atom. The van der Waals surface area contributed by atoms with E-state index in [-0.39, 0.29) is 35.0 Å². The summed E-state index contributed by atoms with van der Waals surface area (Å²) in [6.45, 7) is 11.4. The maximum Gasteiger partial charge on any atom is 0.262 e. The molecule has 1 atom stereocenters. The van der Waals surface area contributed by atoms with Crippen LogP contribution in [0.1, 0.15) is 39.8 Å². The highest BCUT2D eigenvalue weighted by molar-refractivity contribution is 6.03. The van der Waals surface area contributed by atoms with Gasteiger partial charge in [-0.1, -0.05) is 26.5 Å². The van der Waals surface area contributed by atoms with Crippen molar-refractivity contribution in [1.29, 1.82) is 5.26 Å². The number of dihydropyridines is 1. The van der Waals surface area contributed by atoms with Gasteiger partial charge in [-0.15, -0.1) is 0 Å². The zero-order valence-corrected chi connectivity index (χ0v) is 19.7. The van der Waals surface area contributed by atoms with E-state index in [0.29, 0.717) is 35.6 Å². The molecule has 8 heteroatoms. The fourth-order valence-electron chi connectivity index (χ4n) is 3.71. The third kappa shape index (κ3) is 4.88. The Bertz CT molecular complexity index is 1230. The van der Waals surface area contributed by atoms with Gasteiger partial charge in [-0.3, -0.25) is 14.7 Å². The fraction of sp³-hybridized carbons (Fsp3) is 0.308. The van der Waals surface area contributed by atoms with E-state index >= 15 is 0 Å². The highest BCUT2D eigenvalue weighted by Gasteiger charge is 2.32. The number of hydrogen-bond donors (Lipinski definition) is 0. The van der Waals surface area contributed by atoms with E-state index in [1.54, 1.807) is 20.1 Å². The summed E-state index contributed by atoms with van der Waals surface area (Å²) >= 11 is 0. The molecule has 0 N–H and O–H groups in total. The summed E-state index contributed by atoms with van der Waals surface area (Å²) < 4.78 is 33.8. The number of carbonyl (C=O) groups is 1. The zero-order chi connectivity index (χ0) is 25.0. The Hall–Kier alpha value is -3.86. The number of nitriles is 1. The third-order valence-electron chi connectivity index (χ3n) is 5.60. The highest BCUT2D eigenvalue weighted by atomic mass is 19.1. The number of halogens is 2. The molecule has 6 nitrogen and oxygen atoms in total. The van der Waals surface area contributed by atoms with Crippen LogP contribution in [0.5, 0.6) is 5.75 Å². The molecule has 34 heavy (non-hydrogen) atoms.